The van der Waals surface area contributed by atoms with Gasteiger partial charge in [0, 0.05) is 18.5 Å². The highest BCUT2D eigenvalue weighted by Crippen LogP contribution is 2.42. The largest absolute Gasteiger partial charge is 0.466 e. The van der Waals surface area contributed by atoms with Gasteiger partial charge < -0.3 is 23.8 Å². The molecule has 1 atom stereocenters. The van der Waals surface area contributed by atoms with Crippen LogP contribution in [-0.2, 0) is 33.3 Å². The third kappa shape index (κ3) is 5.37. The van der Waals surface area contributed by atoms with Crippen molar-refractivity contribution >= 4 is 17.9 Å². The topological polar surface area (TPSA) is 91.4 Å². The van der Waals surface area contributed by atoms with Gasteiger partial charge in [-0.15, -0.1) is 0 Å². The lowest BCUT2D eigenvalue weighted by molar-refractivity contribution is -0.171. The van der Waals surface area contributed by atoms with Crippen LogP contribution in [0.4, 0.5) is 0 Å². The van der Waals surface area contributed by atoms with Gasteiger partial charge in [0.15, 0.2) is 0 Å². The van der Waals surface area contributed by atoms with Crippen LogP contribution in [0, 0.1) is 5.41 Å². The molecule has 0 bridgehead atoms. The van der Waals surface area contributed by atoms with E-state index in [9.17, 15) is 14.4 Å². The summed E-state index contributed by atoms with van der Waals surface area (Å²) in [6.07, 6.45) is 0. The third-order valence-electron chi connectivity index (χ3n) is 5.18. The normalized spacial score (nSPS) is 16.7. The first kappa shape index (κ1) is 25.1. The maximum atomic E-state index is 13.2. The highest BCUT2D eigenvalue weighted by molar-refractivity contribution is 5.99. The Labute approximate surface area is 188 Å². The molecule has 32 heavy (non-hydrogen) atoms. The van der Waals surface area contributed by atoms with E-state index >= 15 is 0 Å². The van der Waals surface area contributed by atoms with Crippen LogP contribution in [0.15, 0.2) is 52.9 Å². The van der Waals surface area contributed by atoms with Crippen LogP contribution >= 0.6 is 0 Å². The van der Waals surface area contributed by atoms with Crippen LogP contribution < -0.4 is 0 Å². The summed E-state index contributed by atoms with van der Waals surface area (Å²) in [6, 6.07) is 9.15. The van der Waals surface area contributed by atoms with Crippen molar-refractivity contribution in [2.24, 2.45) is 5.41 Å². The molecule has 1 aliphatic heterocycles. The Bertz CT molecular complexity index is 925. The molecule has 0 aromatic heterocycles. The molecule has 1 unspecified atom stereocenters. The minimum absolute atomic E-state index is 0.120. The third-order valence-corrected chi connectivity index (χ3v) is 5.18. The summed E-state index contributed by atoms with van der Waals surface area (Å²) in [4.78, 5) is 39.8. The molecular weight excluding hydrogens is 414 g/mol. The van der Waals surface area contributed by atoms with E-state index < -0.39 is 36.0 Å². The number of ether oxygens (including phenoxy) is 4. The Balaban J connectivity index is 2.50. The van der Waals surface area contributed by atoms with Crippen molar-refractivity contribution in [2.45, 2.75) is 40.5 Å². The molecular formula is C24H31NO7. The van der Waals surface area contributed by atoms with E-state index in [1.54, 1.807) is 39.5 Å². The van der Waals surface area contributed by atoms with Gasteiger partial charge in [0.25, 0.3) is 0 Å². The molecule has 1 heterocycles. The number of methoxy groups -OCH3 is 2. The standard InChI is InChI=1S/C24H31NO7/c1-15-18(21(26)30-7)20(17-11-9-8-10-12-17)19(16(2)25(15)13-29-6)22(27)31-14-32-23(28)24(3,4)5/h8-12,20H,13-14H2,1-7H3. The zero-order valence-electron chi connectivity index (χ0n) is 19.7. The van der Waals surface area contributed by atoms with Crippen molar-refractivity contribution in [3.63, 3.8) is 0 Å². The SMILES string of the molecule is COCN1C(C)=C(C(=O)OC)C(c2ccccc2)C(C(=O)OCOC(=O)C(C)(C)C)=C1C. The number of carbonyl (C=O) groups excluding carboxylic acids is 3. The molecule has 0 fully saturated rings. The fourth-order valence-electron chi connectivity index (χ4n) is 3.48. The second-order valence-corrected chi connectivity index (χ2v) is 8.41. The zero-order chi connectivity index (χ0) is 24.1. The summed E-state index contributed by atoms with van der Waals surface area (Å²) in [5, 5.41) is 0. The summed E-state index contributed by atoms with van der Waals surface area (Å²) < 4.78 is 20.7. The molecule has 0 amide bonds. The van der Waals surface area contributed by atoms with Crippen LogP contribution in [0.25, 0.3) is 0 Å². The smallest absolute Gasteiger partial charge is 0.339 e. The fraction of sp³-hybridized carbons (Fsp3) is 0.458. The molecule has 8 heteroatoms. The number of allylic oxidation sites excluding steroid dienone is 2. The van der Waals surface area contributed by atoms with Gasteiger partial charge in [-0.1, -0.05) is 30.3 Å². The van der Waals surface area contributed by atoms with Crippen molar-refractivity contribution in [3.8, 4) is 0 Å². The lowest BCUT2D eigenvalue weighted by Crippen LogP contribution is -2.36. The first-order valence-electron chi connectivity index (χ1n) is 10.2. The van der Waals surface area contributed by atoms with E-state index in [1.165, 1.54) is 14.2 Å². The van der Waals surface area contributed by atoms with Crippen LogP contribution in [0.2, 0.25) is 0 Å². The van der Waals surface area contributed by atoms with Crippen LogP contribution in [0.3, 0.4) is 0 Å². The second kappa shape index (κ2) is 10.5. The summed E-state index contributed by atoms with van der Waals surface area (Å²) in [6.45, 7) is 8.23. The monoisotopic (exact) mass is 445 g/mol. The number of benzene rings is 1. The van der Waals surface area contributed by atoms with Crippen LogP contribution in [0.5, 0.6) is 0 Å². The molecule has 1 aliphatic rings. The van der Waals surface area contributed by atoms with Crippen molar-refractivity contribution in [3.05, 3.63) is 58.4 Å². The Morgan fingerprint density at radius 3 is 1.97 bits per heavy atom. The molecule has 1 aromatic rings. The Kier molecular flexibility index (Phi) is 8.21. The van der Waals surface area contributed by atoms with E-state index in [0.29, 0.717) is 17.0 Å². The average Bonchev–Trinajstić information content (AvgIpc) is 2.75. The Morgan fingerprint density at radius 1 is 0.906 bits per heavy atom. The summed E-state index contributed by atoms with van der Waals surface area (Å²) in [5.74, 6) is -2.48. The van der Waals surface area contributed by atoms with E-state index in [4.69, 9.17) is 18.9 Å². The number of rotatable bonds is 7. The maximum Gasteiger partial charge on any atom is 0.339 e. The molecule has 0 saturated heterocycles. The average molecular weight is 446 g/mol. The van der Waals surface area contributed by atoms with Gasteiger partial charge in [0.2, 0.25) is 6.79 Å². The van der Waals surface area contributed by atoms with Gasteiger partial charge in [0.05, 0.1) is 29.6 Å². The number of carbonyl (C=O) groups is 3. The van der Waals surface area contributed by atoms with Gasteiger partial charge >= 0.3 is 17.9 Å². The number of nitrogens with zero attached hydrogens (tertiary/aromatic N) is 1. The minimum atomic E-state index is -0.730. The molecule has 8 nitrogen and oxygen atoms in total. The van der Waals surface area contributed by atoms with Gasteiger partial charge in [-0.05, 0) is 40.2 Å². The van der Waals surface area contributed by atoms with Gasteiger partial charge in [-0.3, -0.25) is 4.79 Å². The predicted molar refractivity (Wildman–Crippen MR) is 117 cm³/mol. The molecule has 2 rings (SSSR count). The summed E-state index contributed by atoms with van der Waals surface area (Å²) in [7, 11) is 2.81. The molecule has 0 N–H and O–H groups in total. The predicted octanol–water partition coefficient (Wildman–Crippen LogP) is 3.50. The van der Waals surface area contributed by atoms with E-state index in [1.807, 2.05) is 30.3 Å². The molecule has 0 aliphatic carbocycles. The van der Waals surface area contributed by atoms with E-state index in [2.05, 4.69) is 0 Å². The molecule has 0 spiro atoms. The van der Waals surface area contributed by atoms with Crippen molar-refractivity contribution in [2.75, 3.05) is 27.7 Å². The first-order chi connectivity index (χ1) is 15.0. The molecule has 1 aromatic carbocycles. The quantitative estimate of drug-likeness (QED) is 0.465. The molecule has 174 valence electrons. The fourth-order valence-corrected chi connectivity index (χ4v) is 3.48. The number of hydrogen-bond acceptors (Lipinski definition) is 8. The minimum Gasteiger partial charge on any atom is -0.466 e. The zero-order valence-corrected chi connectivity index (χ0v) is 19.7. The Morgan fingerprint density at radius 2 is 1.47 bits per heavy atom. The Hall–Kier alpha value is -3.13. The highest BCUT2D eigenvalue weighted by atomic mass is 16.7. The van der Waals surface area contributed by atoms with Gasteiger partial charge in [-0.2, -0.15) is 0 Å². The van der Waals surface area contributed by atoms with E-state index in [-0.39, 0.29) is 12.3 Å². The summed E-state index contributed by atoms with van der Waals surface area (Å²) in [5.41, 5.74) is 1.72. The van der Waals surface area contributed by atoms with Crippen molar-refractivity contribution < 1.29 is 33.3 Å². The second-order valence-electron chi connectivity index (χ2n) is 8.41. The summed E-state index contributed by atoms with van der Waals surface area (Å²) >= 11 is 0. The first-order valence-corrected chi connectivity index (χ1v) is 10.2. The van der Waals surface area contributed by atoms with Crippen LogP contribution in [-0.4, -0.2) is 50.6 Å². The van der Waals surface area contributed by atoms with E-state index in [0.717, 1.165) is 5.56 Å². The van der Waals surface area contributed by atoms with Crippen LogP contribution in [0.1, 0.15) is 46.1 Å². The van der Waals surface area contributed by atoms with Crippen molar-refractivity contribution in [1.82, 2.24) is 4.90 Å². The van der Waals surface area contributed by atoms with Gasteiger partial charge in [0.1, 0.15) is 6.73 Å². The molecule has 0 saturated carbocycles. The number of hydrogen-bond donors (Lipinski definition) is 0. The molecule has 0 radical (unpaired) electrons. The lowest BCUT2D eigenvalue weighted by atomic mass is 9.80. The van der Waals surface area contributed by atoms with Crippen molar-refractivity contribution in [1.29, 1.82) is 0 Å². The number of esters is 3. The lowest BCUT2D eigenvalue weighted by Gasteiger charge is -2.37. The maximum absolute atomic E-state index is 13.2. The van der Waals surface area contributed by atoms with Gasteiger partial charge in [-0.25, -0.2) is 9.59 Å². The highest BCUT2D eigenvalue weighted by Gasteiger charge is 2.40.